The first-order chi connectivity index (χ1) is 11.5. The molecule has 3 heterocycles. The zero-order valence-corrected chi connectivity index (χ0v) is 19.4. The number of para-hydroxylation sites is 2. The summed E-state index contributed by atoms with van der Waals surface area (Å²) in [5.74, 6) is 1.08. The van der Waals surface area contributed by atoms with E-state index >= 15 is 0 Å². The molecule has 0 aliphatic carbocycles. The van der Waals surface area contributed by atoms with Crippen LogP contribution in [0.2, 0.25) is 0 Å². The van der Waals surface area contributed by atoms with Crippen molar-refractivity contribution in [1.82, 2.24) is 18.9 Å². The Morgan fingerprint density at radius 2 is 1.58 bits per heavy atom. The van der Waals surface area contributed by atoms with Gasteiger partial charge >= 0.3 is 0 Å². The predicted octanol–water partition coefficient (Wildman–Crippen LogP) is 5.23. The van der Waals surface area contributed by atoms with Crippen LogP contribution >= 0.6 is 34.0 Å². The normalized spacial score (nSPS) is 15.8. The predicted molar refractivity (Wildman–Crippen MR) is 120 cm³/mol. The number of hydrogen-bond acceptors (Lipinski definition) is 2. The minimum atomic E-state index is 0. The molecular weight excluding hydrogens is 456 g/mol. The fourth-order valence-corrected chi connectivity index (χ4v) is 3.75. The van der Waals surface area contributed by atoms with Crippen molar-refractivity contribution in [3.05, 3.63) is 36.2 Å². The average molecular weight is 486 g/mol. The minimum Gasteiger partial charge on any atom is -0.308 e. The maximum atomic E-state index is 4.99. The van der Waals surface area contributed by atoms with Crippen molar-refractivity contribution in [2.45, 2.75) is 52.0 Å². The molecule has 1 fully saturated rings. The first-order valence-electron chi connectivity index (χ1n) is 9.23. The fourth-order valence-electron chi connectivity index (χ4n) is 3.75. The second-order valence-electron chi connectivity index (χ2n) is 8.09. The molecule has 1 aliphatic heterocycles. The molecule has 144 valence electrons. The van der Waals surface area contributed by atoms with Gasteiger partial charge in [0.05, 0.1) is 16.7 Å². The number of nitrogens with zero attached hydrogens (tertiary/aromatic N) is 4. The second-order valence-corrected chi connectivity index (χ2v) is 8.09. The van der Waals surface area contributed by atoms with E-state index in [2.05, 4.69) is 65.1 Å². The summed E-state index contributed by atoms with van der Waals surface area (Å²) < 4.78 is 4.67. The highest BCUT2D eigenvalue weighted by molar-refractivity contribution is 8.93. The molecule has 1 saturated heterocycles. The van der Waals surface area contributed by atoms with E-state index in [0.717, 1.165) is 24.6 Å². The molecule has 0 amide bonds. The Morgan fingerprint density at radius 1 is 0.923 bits per heavy atom. The third-order valence-electron chi connectivity index (χ3n) is 5.22. The van der Waals surface area contributed by atoms with Gasteiger partial charge in [-0.2, -0.15) is 0 Å². The van der Waals surface area contributed by atoms with Crippen molar-refractivity contribution in [3.8, 4) is 0 Å². The SMILES string of the molecule is Br.Br.CC(C)(C)c1cn2c3ccccc3n(CCN3CCCCC3)c2n1. The van der Waals surface area contributed by atoms with E-state index in [1.807, 2.05) is 0 Å². The Hall–Kier alpha value is -0.850. The number of hydrogen-bond donors (Lipinski definition) is 0. The van der Waals surface area contributed by atoms with E-state index in [-0.39, 0.29) is 39.4 Å². The highest BCUT2D eigenvalue weighted by Gasteiger charge is 2.21. The fraction of sp³-hybridized carbons (Fsp3) is 0.550. The number of imidazole rings is 2. The van der Waals surface area contributed by atoms with Crippen LogP contribution in [0.25, 0.3) is 16.8 Å². The monoisotopic (exact) mass is 484 g/mol. The lowest BCUT2D eigenvalue weighted by Crippen LogP contribution is -2.32. The number of halogens is 2. The van der Waals surface area contributed by atoms with Crippen LogP contribution in [0.15, 0.2) is 30.5 Å². The molecule has 1 aliphatic rings. The molecule has 1 aromatic carbocycles. The van der Waals surface area contributed by atoms with Gasteiger partial charge in [0.1, 0.15) is 0 Å². The van der Waals surface area contributed by atoms with E-state index in [9.17, 15) is 0 Å². The largest absolute Gasteiger partial charge is 0.308 e. The van der Waals surface area contributed by atoms with E-state index in [4.69, 9.17) is 4.98 Å². The van der Waals surface area contributed by atoms with E-state index in [1.165, 1.54) is 43.4 Å². The summed E-state index contributed by atoms with van der Waals surface area (Å²) in [5.41, 5.74) is 3.78. The summed E-state index contributed by atoms with van der Waals surface area (Å²) in [7, 11) is 0. The minimum absolute atomic E-state index is 0. The van der Waals surface area contributed by atoms with Crippen molar-refractivity contribution >= 4 is 50.8 Å². The van der Waals surface area contributed by atoms with Crippen molar-refractivity contribution in [2.75, 3.05) is 19.6 Å². The number of benzene rings is 1. The lowest BCUT2D eigenvalue weighted by atomic mass is 9.93. The number of rotatable bonds is 3. The van der Waals surface area contributed by atoms with Gasteiger partial charge in [0.2, 0.25) is 5.78 Å². The third-order valence-corrected chi connectivity index (χ3v) is 5.22. The van der Waals surface area contributed by atoms with Crippen LogP contribution in [-0.4, -0.2) is 38.5 Å². The third kappa shape index (κ3) is 4.02. The van der Waals surface area contributed by atoms with Gasteiger partial charge in [-0.1, -0.05) is 39.3 Å². The lowest BCUT2D eigenvalue weighted by Gasteiger charge is -2.26. The van der Waals surface area contributed by atoms with Gasteiger partial charge in [0.15, 0.2) is 0 Å². The van der Waals surface area contributed by atoms with E-state index in [1.54, 1.807) is 0 Å². The maximum absolute atomic E-state index is 4.99. The molecule has 3 aromatic rings. The highest BCUT2D eigenvalue weighted by Crippen LogP contribution is 2.26. The molecule has 4 nitrogen and oxygen atoms in total. The summed E-state index contributed by atoms with van der Waals surface area (Å²) in [6, 6.07) is 8.67. The maximum Gasteiger partial charge on any atom is 0.215 e. The number of fused-ring (bicyclic) bond motifs is 3. The molecule has 4 rings (SSSR count). The molecule has 26 heavy (non-hydrogen) atoms. The standard InChI is InChI=1S/C20H28N4.2BrH/c1-20(2,3)18-15-24-17-10-6-5-9-16(17)23(19(24)21-18)14-13-22-11-7-4-8-12-22;;/h5-6,9-10,15H,4,7-8,11-14H2,1-3H3;2*1H. The van der Waals surface area contributed by atoms with Crippen LogP contribution in [0.3, 0.4) is 0 Å². The van der Waals surface area contributed by atoms with Gasteiger partial charge in [0.25, 0.3) is 0 Å². The van der Waals surface area contributed by atoms with E-state index < -0.39 is 0 Å². The first-order valence-corrected chi connectivity index (χ1v) is 9.23. The first kappa shape index (κ1) is 21.5. The molecule has 6 heteroatoms. The van der Waals surface area contributed by atoms with Gasteiger partial charge in [-0.05, 0) is 38.1 Å². The molecule has 0 saturated carbocycles. The molecule has 0 radical (unpaired) electrons. The Labute approximate surface area is 177 Å². The van der Waals surface area contributed by atoms with Crippen LogP contribution in [0, 0.1) is 0 Å². The molecule has 0 unspecified atom stereocenters. The smallest absolute Gasteiger partial charge is 0.215 e. The zero-order chi connectivity index (χ0) is 16.7. The molecule has 2 aromatic heterocycles. The van der Waals surface area contributed by atoms with Crippen LogP contribution in [0.4, 0.5) is 0 Å². The number of aromatic nitrogens is 3. The molecule has 0 bridgehead atoms. The van der Waals surface area contributed by atoms with Crippen molar-refractivity contribution in [1.29, 1.82) is 0 Å². The Kier molecular flexibility index (Phi) is 6.97. The van der Waals surface area contributed by atoms with Gasteiger partial charge in [-0.25, -0.2) is 4.98 Å². The zero-order valence-electron chi connectivity index (χ0n) is 15.9. The van der Waals surface area contributed by atoms with Crippen LogP contribution < -0.4 is 0 Å². The Bertz CT molecular complexity index is 854. The van der Waals surface area contributed by atoms with Gasteiger partial charge in [-0.3, -0.25) is 4.40 Å². The Morgan fingerprint density at radius 3 is 2.23 bits per heavy atom. The summed E-state index contributed by atoms with van der Waals surface area (Å²) >= 11 is 0. The summed E-state index contributed by atoms with van der Waals surface area (Å²) in [5, 5.41) is 0. The highest BCUT2D eigenvalue weighted by atomic mass is 79.9. The van der Waals surface area contributed by atoms with Crippen molar-refractivity contribution in [2.24, 2.45) is 0 Å². The summed E-state index contributed by atoms with van der Waals surface area (Å²) in [6.07, 6.45) is 6.30. The Balaban J connectivity index is 0.00000121. The van der Waals surface area contributed by atoms with Crippen LogP contribution in [0.1, 0.15) is 45.7 Å². The molecule has 0 spiro atoms. The van der Waals surface area contributed by atoms with Gasteiger partial charge < -0.3 is 9.47 Å². The van der Waals surface area contributed by atoms with Crippen LogP contribution in [-0.2, 0) is 12.0 Å². The molecular formula is C20H30Br2N4. The number of likely N-dealkylation sites (tertiary alicyclic amines) is 1. The van der Waals surface area contributed by atoms with Crippen LogP contribution in [0.5, 0.6) is 0 Å². The topological polar surface area (TPSA) is 25.5 Å². The van der Waals surface area contributed by atoms with E-state index in [0.29, 0.717) is 0 Å². The lowest BCUT2D eigenvalue weighted by molar-refractivity contribution is 0.222. The number of piperidine rings is 1. The van der Waals surface area contributed by atoms with Gasteiger partial charge in [-0.15, -0.1) is 34.0 Å². The van der Waals surface area contributed by atoms with Gasteiger partial charge in [0, 0.05) is 24.7 Å². The van der Waals surface area contributed by atoms with Crippen molar-refractivity contribution < 1.29 is 0 Å². The summed E-state index contributed by atoms with van der Waals surface area (Å²) in [4.78, 5) is 7.59. The van der Waals surface area contributed by atoms with Crippen molar-refractivity contribution in [3.63, 3.8) is 0 Å². The molecule has 0 N–H and O–H groups in total. The average Bonchev–Trinajstić information content (AvgIpc) is 3.12. The second kappa shape index (κ2) is 8.44. The summed E-state index contributed by atoms with van der Waals surface area (Å²) in [6.45, 7) is 11.3. The molecule has 0 atom stereocenters. The quantitative estimate of drug-likeness (QED) is 0.507.